The molecule has 0 atom stereocenters. The van der Waals surface area contributed by atoms with Gasteiger partial charge >= 0.3 is 0 Å². The first-order valence-corrected chi connectivity index (χ1v) is 23.1. The standard InChI is InChI=1S/C42H38.C13H12.3C2H6/c1-26-19-27(2)41-38-24-33(25-39(38)42(3,4)40(41)20-26)31-11-7-9-29(22-31)21-28-15-17-30(18-16-28)34-13-8-14-36-35-12-6-5-10-32(35)23-37(34)36;1-11-7-5-6-10-13(11)12-8-3-2-4-9-12;3*1-2/h6-9,11-20,22,24H,5,10,21,23,25H2,1-4H3;2-10H,1H3;3*1-2H3. The van der Waals surface area contributed by atoms with Crippen molar-refractivity contribution in [2.45, 2.75) is 114 Å². The van der Waals surface area contributed by atoms with Gasteiger partial charge in [0.25, 0.3) is 0 Å². The molecule has 0 unspecified atom stereocenters. The molecule has 0 bridgehead atoms. The lowest BCUT2D eigenvalue weighted by Crippen LogP contribution is -2.17. The van der Waals surface area contributed by atoms with E-state index in [1.165, 1.54) is 107 Å². The molecule has 0 fully saturated rings. The van der Waals surface area contributed by atoms with Crippen LogP contribution in [0.15, 0.2) is 163 Å². The summed E-state index contributed by atoms with van der Waals surface area (Å²) < 4.78 is 0. The minimum Gasteiger partial charge on any atom is -0.0836 e. The molecule has 4 aliphatic carbocycles. The smallest absolute Gasteiger partial charge is 0.0124 e. The number of aryl methyl sites for hydroxylation is 3. The van der Waals surface area contributed by atoms with Gasteiger partial charge in [0.1, 0.15) is 0 Å². The average molecular weight is 801 g/mol. The Hall–Kier alpha value is -5.72. The summed E-state index contributed by atoms with van der Waals surface area (Å²) in [5, 5.41) is 0. The van der Waals surface area contributed by atoms with E-state index in [0.717, 1.165) is 19.3 Å². The Morgan fingerprint density at radius 2 is 1.16 bits per heavy atom. The lowest BCUT2D eigenvalue weighted by Gasteiger charge is -2.25. The van der Waals surface area contributed by atoms with Gasteiger partial charge in [0.2, 0.25) is 0 Å². The fourth-order valence-electron chi connectivity index (χ4n) is 9.67. The minimum atomic E-state index is 0.0873. The third-order valence-corrected chi connectivity index (χ3v) is 12.5. The SMILES string of the molecule is CC.CC.CC.Cc1cc(C)c2c(c1)C(C)(C)C1=C2C=C(c2cccc(Cc3ccc(-c4cccc5c4CC4=C5C=CCC4)cc3)c2)C1.Cc1ccccc1-c1ccccc1. The van der Waals surface area contributed by atoms with Crippen LogP contribution in [0.1, 0.15) is 130 Å². The summed E-state index contributed by atoms with van der Waals surface area (Å²) in [6.45, 7) is 23.5. The van der Waals surface area contributed by atoms with Gasteiger partial charge in [-0.2, -0.15) is 0 Å². The number of hydrogen-bond donors (Lipinski definition) is 0. The van der Waals surface area contributed by atoms with E-state index in [2.05, 4.69) is 180 Å². The molecular weight excluding hydrogens is 733 g/mol. The molecule has 0 saturated heterocycles. The van der Waals surface area contributed by atoms with Crippen molar-refractivity contribution in [1.82, 2.24) is 0 Å². The second-order valence-corrected chi connectivity index (χ2v) is 16.6. The molecule has 0 spiro atoms. The van der Waals surface area contributed by atoms with E-state index in [1.807, 2.05) is 47.6 Å². The quantitative estimate of drug-likeness (QED) is 0.163. The summed E-state index contributed by atoms with van der Waals surface area (Å²) in [4.78, 5) is 0. The topological polar surface area (TPSA) is 0 Å². The maximum absolute atomic E-state index is 2.49. The summed E-state index contributed by atoms with van der Waals surface area (Å²) in [6.07, 6.45) is 12.7. The molecular formula is C61H68. The van der Waals surface area contributed by atoms with Crippen LogP contribution in [0.25, 0.3) is 39.0 Å². The first-order chi connectivity index (χ1) is 29.7. The van der Waals surface area contributed by atoms with Crippen LogP contribution in [0.5, 0.6) is 0 Å². The van der Waals surface area contributed by atoms with Crippen molar-refractivity contribution in [1.29, 1.82) is 0 Å². The molecule has 0 radical (unpaired) electrons. The fourth-order valence-corrected chi connectivity index (χ4v) is 9.67. The molecule has 6 aromatic carbocycles. The molecule has 0 saturated carbocycles. The molecule has 0 amide bonds. The molecule has 0 nitrogen and oxygen atoms in total. The van der Waals surface area contributed by atoms with E-state index in [1.54, 1.807) is 11.1 Å². The largest absolute Gasteiger partial charge is 0.0836 e. The maximum Gasteiger partial charge on any atom is 0.0124 e. The van der Waals surface area contributed by atoms with E-state index in [-0.39, 0.29) is 5.41 Å². The van der Waals surface area contributed by atoms with Crippen molar-refractivity contribution in [3.8, 4) is 22.3 Å². The zero-order valence-electron chi connectivity index (χ0n) is 39.0. The fraction of sp³-hybridized carbons (Fsp3) is 0.279. The van der Waals surface area contributed by atoms with Gasteiger partial charge in [0.05, 0.1) is 0 Å². The summed E-state index contributed by atoms with van der Waals surface area (Å²) in [5.41, 5.74) is 27.2. The summed E-state index contributed by atoms with van der Waals surface area (Å²) in [5.74, 6) is 0. The second kappa shape index (κ2) is 20.2. The monoisotopic (exact) mass is 801 g/mol. The Morgan fingerprint density at radius 1 is 0.525 bits per heavy atom. The van der Waals surface area contributed by atoms with Gasteiger partial charge in [0.15, 0.2) is 0 Å². The molecule has 312 valence electrons. The Balaban J connectivity index is 0.000000275. The normalized spacial score (nSPS) is 14.6. The van der Waals surface area contributed by atoms with E-state index in [9.17, 15) is 0 Å². The summed E-state index contributed by atoms with van der Waals surface area (Å²) in [7, 11) is 0. The first-order valence-electron chi connectivity index (χ1n) is 23.1. The molecule has 4 aliphatic rings. The van der Waals surface area contributed by atoms with Gasteiger partial charge in [-0.15, -0.1) is 0 Å². The van der Waals surface area contributed by atoms with Crippen molar-refractivity contribution in [2.75, 3.05) is 0 Å². The molecule has 61 heavy (non-hydrogen) atoms. The van der Waals surface area contributed by atoms with Gasteiger partial charge in [0, 0.05) is 5.41 Å². The number of hydrogen-bond acceptors (Lipinski definition) is 0. The highest BCUT2D eigenvalue weighted by Crippen LogP contribution is 2.55. The van der Waals surface area contributed by atoms with E-state index in [0.29, 0.717) is 0 Å². The van der Waals surface area contributed by atoms with E-state index < -0.39 is 0 Å². The van der Waals surface area contributed by atoms with Crippen LogP contribution in [0.4, 0.5) is 0 Å². The number of rotatable bonds is 5. The molecule has 6 aromatic rings. The van der Waals surface area contributed by atoms with Crippen LogP contribution in [-0.2, 0) is 18.3 Å². The highest BCUT2D eigenvalue weighted by Gasteiger charge is 2.40. The van der Waals surface area contributed by atoms with Gasteiger partial charge in [-0.3, -0.25) is 0 Å². The average Bonchev–Trinajstić information content (AvgIpc) is 3.98. The van der Waals surface area contributed by atoms with Gasteiger partial charge in [-0.1, -0.05) is 218 Å². The summed E-state index contributed by atoms with van der Waals surface area (Å²) >= 11 is 0. The lowest BCUT2D eigenvalue weighted by atomic mass is 9.78. The highest BCUT2D eigenvalue weighted by atomic mass is 14.4. The van der Waals surface area contributed by atoms with Crippen molar-refractivity contribution in [3.63, 3.8) is 0 Å². The van der Waals surface area contributed by atoms with Crippen LogP contribution >= 0.6 is 0 Å². The highest BCUT2D eigenvalue weighted by molar-refractivity contribution is 5.98. The third-order valence-electron chi connectivity index (χ3n) is 12.5. The summed E-state index contributed by atoms with van der Waals surface area (Å²) in [6, 6.07) is 49.1. The lowest BCUT2D eigenvalue weighted by molar-refractivity contribution is 0.628. The molecule has 0 heterocycles. The van der Waals surface area contributed by atoms with Crippen LogP contribution in [-0.4, -0.2) is 0 Å². The molecule has 0 aliphatic heterocycles. The first kappa shape index (κ1) is 44.8. The van der Waals surface area contributed by atoms with E-state index >= 15 is 0 Å². The van der Waals surface area contributed by atoms with Crippen LogP contribution in [0, 0.1) is 20.8 Å². The van der Waals surface area contributed by atoms with Crippen LogP contribution in [0.2, 0.25) is 0 Å². The predicted molar refractivity (Wildman–Crippen MR) is 269 cm³/mol. The number of allylic oxidation sites excluding steroid dienone is 8. The maximum atomic E-state index is 2.49. The van der Waals surface area contributed by atoms with Crippen molar-refractivity contribution >= 4 is 16.7 Å². The molecule has 0 N–H and O–H groups in total. The zero-order valence-corrected chi connectivity index (χ0v) is 39.0. The van der Waals surface area contributed by atoms with Crippen LogP contribution < -0.4 is 0 Å². The molecule has 0 heteroatoms. The van der Waals surface area contributed by atoms with Crippen molar-refractivity contribution < 1.29 is 0 Å². The van der Waals surface area contributed by atoms with Crippen molar-refractivity contribution in [3.05, 3.63) is 218 Å². The van der Waals surface area contributed by atoms with Crippen molar-refractivity contribution in [2.24, 2.45) is 0 Å². The third kappa shape index (κ3) is 9.30. The Bertz CT molecular complexity index is 2580. The molecule has 0 aromatic heterocycles. The Kier molecular flexibility index (Phi) is 14.9. The zero-order chi connectivity index (χ0) is 43.7. The predicted octanol–water partition coefficient (Wildman–Crippen LogP) is 17.5. The van der Waals surface area contributed by atoms with Gasteiger partial charge in [-0.05, 0) is 147 Å². The van der Waals surface area contributed by atoms with Crippen LogP contribution in [0.3, 0.4) is 0 Å². The second-order valence-electron chi connectivity index (χ2n) is 16.6. The number of benzene rings is 6. The minimum absolute atomic E-state index is 0.0873. The van der Waals surface area contributed by atoms with E-state index in [4.69, 9.17) is 0 Å². The Labute approximate surface area is 369 Å². The Morgan fingerprint density at radius 3 is 1.90 bits per heavy atom. The van der Waals surface area contributed by atoms with Gasteiger partial charge in [-0.25, -0.2) is 0 Å². The molecule has 10 rings (SSSR count). The van der Waals surface area contributed by atoms with Gasteiger partial charge < -0.3 is 0 Å². The number of fused-ring (bicyclic) bond motifs is 4.